The van der Waals surface area contributed by atoms with Crippen LogP contribution in [0.1, 0.15) is 0 Å². The summed E-state index contributed by atoms with van der Waals surface area (Å²) in [5.74, 6) is -2.35. The lowest BCUT2D eigenvalue weighted by molar-refractivity contribution is -0.384. The summed E-state index contributed by atoms with van der Waals surface area (Å²) in [6, 6.07) is 1.26. The SMILES string of the molecule is Cn1cnnc1-c1cc(F)c(F)cc1[N+](=O)[O-]. The van der Waals surface area contributed by atoms with Gasteiger partial charge in [0.2, 0.25) is 0 Å². The van der Waals surface area contributed by atoms with Crippen LogP contribution in [0.25, 0.3) is 11.4 Å². The van der Waals surface area contributed by atoms with E-state index in [2.05, 4.69) is 10.2 Å². The average molecular weight is 240 g/mol. The van der Waals surface area contributed by atoms with Gasteiger partial charge in [0, 0.05) is 7.05 Å². The molecule has 6 nitrogen and oxygen atoms in total. The van der Waals surface area contributed by atoms with Crippen LogP contribution in [0.2, 0.25) is 0 Å². The molecule has 1 heterocycles. The Morgan fingerprint density at radius 2 is 2.00 bits per heavy atom. The zero-order valence-corrected chi connectivity index (χ0v) is 8.59. The van der Waals surface area contributed by atoms with E-state index in [1.807, 2.05) is 0 Å². The van der Waals surface area contributed by atoms with Gasteiger partial charge in [-0.05, 0) is 6.07 Å². The Morgan fingerprint density at radius 3 is 2.53 bits per heavy atom. The first-order valence-electron chi connectivity index (χ1n) is 4.48. The van der Waals surface area contributed by atoms with Crippen molar-refractivity contribution in [2.45, 2.75) is 0 Å². The Morgan fingerprint density at radius 1 is 1.35 bits per heavy atom. The van der Waals surface area contributed by atoms with Crippen molar-refractivity contribution in [3.8, 4) is 11.4 Å². The first kappa shape index (κ1) is 11.1. The molecule has 0 saturated carbocycles. The van der Waals surface area contributed by atoms with Crippen molar-refractivity contribution in [3.05, 3.63) is 40.2 Å². The number of halogens is 2. The summed E-state index contributed by atoms with van der Waals surface area (Å²) in [4.78, 5) is 9.95. The van der Waals surface area contributed by atoms with E-state index >= 15 is 0 Å². The van der Waals surface area contributed by atoms with Gasteiger partial charge in [0.15, 0.2) is 17.5 Å². The number of nitrogens with zero attached hydrogens (tertiary/aromatic N) is 4. The molecule has 0 aliphatic carbocycles. The summed E-state index contributed by atoms with van der Waals surface area (Å²) in [6.07, 6.45) is 1.31. The Hall–Kier alpha value is -2.38. The molecule has 2 aromatic rings. The maximum absolute atomic E-state index is 13.1. The second-order valence-corrected chi connectivity index (χ2v) is 3.31. The topological polar surface area (TPSA) is 73.8 Å². The van der Waals surface area contributed by atoms with Gasteiger partial charge < -0.3 is 4.57 Å². The molecule has 1 aromatic heterocycles. The van der Waals surface area contributed by atoms with E-state index in [1.165, 1.54) is 10.9 Å². The number of aryl methyl sites for hydroxylation is 1. The van der Waals surface area contributed by atoms with Gasteiger partial charge in [0.05, 0.1) is 11.0 Å². The fourth-order valence-electron chi connectivity index (χ4n) is 1.39. The minimum absolute atomic E-state index is 0.0931. The van der Waals surface area contributed by atoms with Gasteiger partial charge in [-0.15, -0.1) is 10.2 Å². The highest BCUT2D eigenvalue weighted by Gasteiger charge is 2.22. The van der Waals surface area contributed by atoms with Gasteiger partial charge >= 0.3 is 0 Å². The largest absolute Gasteiger partial charge is 0.317 e. The molecule has 0 unspecified atom stereocenters. The van der Waals surface area contributed by atoms with Gasteiger partial charge in [-0.2, -0.15) is 0 Å². The van der Waals surface area contributed by atoms with Crippen LogP contribution < -0.4 is 0 Å². The molecule has 0 bridgehead atoms. The number of nitro benzene ring substituents is 1. The Balaban J connectivity index is 2.72. The number of nitro groups is 1. The third-order valence-corrected chi connectivity index (χ3v) is 2.19. The minimum atomic E-state index is -1.28. The second kappa shape index (κ2) is 3.89. The molecule has 2 rings (SSSR count). The average Bonchev–Trinajstić information content (AvgIpc) is 2.67. The lowest BCUT2D eigenvalue weighted by atomic mass is 10.1. The molecule has 0 spiro atoms. The van der Waals surface area contributed by atoms with Crippen LogP contribution in [0.15, 0.2) is 18.5 Å². The van der Waals surface area contributed by atoms with Gasteiger partial charge in [-0.25, -0.2) is 8.78 Å². The smallest absolute Gasteiger partial charge is 0.283 e. The highest BCUT2D eigenvalue weighted by Crippen LogP contribution is 2.30. The van der Waals surface area contributed by atoms with Crippen molar-refractivity contribution in [1.29, 1.82) is 0 Å². The summed E-state index contributed by atoms with van der Waals surface area (Å²) in [5.41, 5.74) is -0.672. The van der Waals surface area contributed by atoms with Crippen LogP contribution in [0.3, 0.4) is 0 Å². The van der Waals surface area contributed by atoms with Crippen molar-refractivity contribution >= 4 is 5.69 Å². The molecular weight excluding hydrogens is 234 g/mol. The van der Waals surface area contributed by atoms with Crippen LogP contribution in [-0.2, 0) is 7.05 Å². The third kappa shape index (κ3) is 1.84. The van der Waals surface area contributed by atoms with E-state index in [0.717, 1.165) is 6.07 Å². The predicted octanol–water partition coefficient (Wildman–Crippen LogP) is 1.67. The minimum Gasteiger partial charge on any atom is -0.317 e. The van der Waals surface area contributed by atoms with Crippen LogP contribution in [0.4, 0.5) is 14.5 Å². The maximum Gasteiger partial charge on any atom is 0.283 e. The maximum atomic E-state index is 13.1. The zero-order valence-electron chi connectivity index (χ0n) is 8.59. The molecule has 1 aromatic carbocycles. The molecule has 0 radical (unpaired) electrons. The van der Waals surface area contributed by atoms with E-state index in [0.29, 0.717) is 6.07 Å². The quantitative estimate of drug-likeness (QED) is 0.591. The standard InChI is InChI=1S/C9H6F2N4O2/c1-14-4-12-13-9(14)5-2-6(10)7(11)3-8(5)15(16)17/h2-4H,1H3. The summed E-state index contributed by atoms with van der Waals surface area (Å²) in [5, 5.41) is 17.9. The van der Waals surface area contributed by atoms with Crippen molar-refractivity contribution < 1.29 is 13.7 Å². The molecule has 0 fully saturated rings. The highest BCUT2D eigenvalue weighted by atomic mass is 19.2. The fourth-order valence-corrected chi connectivity index (χ4v) is 1.39. The van der Waals surface area contributed by atoms with Gasteiger partial charge in [-0.1, -0.05) is 0 Å². The van der Waals surface area contributed by atoms with E-state index < -0.39 is 22.2 Å². The molecule has 8 heteroatoms. The number of hydrogen-bond acceptors (Lipinski definition) is 4. The van der Waals surface area contributed by atoms with Gasteiger partial charge in [0.1, 0.15) is 11.9 Å². The number of hydrogen-bond donors (Lipinski definition) is 0. The fraction of sp³-hybridized carbons (Fsp3) is 0.111. The normalized spacial score (nSPS) is 10.5. The number of benzene rings is 1. The Labute approximate surface area is 93.7 Å². The van der Waals surface area contributed by atoms with Crippen molar-refractivity contribution in [3.63, 3.8) is 0 Å². The molecule has 17 heavy (non-hydrogen) atoms. The number of aromatic nitrogens is 3. The van der Waals surface area contributed by atoms with Crippen LogP contribution >= 0.6 is 0 Å². The Bertz CT molecular complexity index is 597. The molecule has 0 aliphatic heterocycles. The van der Waals surface area contributed by atoms with E-state index in [9.17, 15) is 18.9 Å². The predicted molar refractivity (Wildman–Crippen MR) is 53.0 cm³/mol. The molecule has 0 saturated heterocycles. The molecule has 88 valence electrons. The monoisotopic (exact) mass is 240 g/mol. The molecule has 0 aliphatic rings. The second-order valence-electron chi connectivity index (χ2n) is 3.31. The van der Waals surface area contributed by atoms with E-state index in [4.69, 9.17) is 0 Å². The number of rotatable bonds is 2. The van der Waals surface area contributed by atoms with Gasteiger partial charge in [0.25, 0.3) is 5.69 Å². The van der Waals surface area contributed by atoms with Crippen LogP contribution in [-0.4, -0.2) is 19.7 Å². The van der Waals surface area contributed by atoms with Crippen molar-refractivity contribution in [2.24, 2.45) is 7.05 Å². The summed E-state index contributed by atoms with van der Waals surface area (Å²) in [7, 11) is 1.54. The lowest BCUT2D eigenvalue weighted by Crippen LogP contribution is -1.99. The zero-order chi connectivity index (χ0) is 12.6. The summed E-state index contributed by atoms with van der Waals surface area (Å²) >= 11 is 0. The van der Waals surface area contributed by atoms with E-state index in [1.54, 1.807) is 7.05 Å². The Kier molecular flexibility index (Phi) is 2.54. The lowest BCUT2D eigenvalue weighted by Gasteiger charge is -2.03. The highest BCUT2D eigenvalue weighted by molar-refractivity contribution is 5.68. The third-order valence-electron chi connectivity index (χ3n) is 2.19. The first-order chi connectivity index (χ1) is 8.00. The van der Waals surface area contributed by atoms with Crippen LogP contribution in [0.5, 0.6) is 0 Å². The molecule has 0 N–H and O–H groups in total. The van der Waals surface area contributed by atoms with Crippen molar-refractivity contribution in [2.75, 3.05) is 0 Å². The van der Waals surface area contributed by atoms with Gasteiger partial charge in [-0.3, -0.25) is 10.1 Å². The summed E-state index contributed by atoms with van der Waals surface area (Å²) in [6.45, 7) is 0. The van der Waals surface area contributed by atoms with Crippen LogP contribution in [0, 0.1) is 21.7 Å². The first-order valence-corrected chi connectivity index (χ1v) is 4.48. The van der Waals surface area contributed by atoms with E-state index in [-0.39, 0.29) is 11.4 Å². The molecule has 0 atom stereocenters. The molecular formula is C9H6F2N4O2. The van der Waals surface area contributed by atoms with Crippen molar-refractivity contribution in [1.82, 2.24) is 14.8 Å². The molecule has 0 amide bonds. The summed E-state index contributed by atoms with van der Waals surface area (Å²) < 4.78 is 27.4.